The molecule has 9 heteroatoms. The first-order valence-electron chi connectivity index (χ1n) is 5.75. The first kappa shape index (κ1) is 16.4. The number of nitrogens with two attached hydrogens (primary N) is 1. The highest BCUT2D eigenvalue weighted by Gasteiger charge is 2.54. The fourth-order valence-electron chi connectivity index (χ4n) is 2.65. The number of carbonyl (C=O) groups excluding carboxylic acids is 2. The Morgan fingerprint density at radius 3 is 2.20 bits per heavy atom. The van der Waals surface area contributed by atoms with Crippen LogP contribution in [0.5, 0.6) is 0 Å². The third-order valence-corrected chi connectivity index (χ3v) is 3.54. The van der Waals surface area contributed by atoms with Crippen LogP contribution in [0.3, 0.4) is 0 Å². The Balaban J connectivity index is 0.000000246. The quantitative estimate of drug-likeness (QED) is 0.676. The van der Waals surface area contributed by atoms with Gasteiger partial charge in [0.25, 0.3) is 0 Å². The van der Waals surface area contributed by atoms with Gasteiger partial charge in [-0.15, -0.1) is 0 Å². The maximum atomic E-state index is 11.3. The van der Waals surface area contributed by atoms with Crippen molar-refractivity contribution in [2.24, 2.45) is 23.5 Å². The van der Waals surface area contributed by atoms with E-state index in [0.717, 1.165) is 6.42 Å². The van der Waals surface area contributed by atoms with Crippen LogP contribution >= 0.6 is 0 Å². The second-order valence-electron chi connectivity index (χ2n) is 4.70. The van der Waals surface area contributed by atoms with E-state index in [1.165, 1.54) is 7.11 Å². The molecule has 114 valence electrons. The number of hydrogen-bond donors (Lipinski definition) is 2. The van der Waals surface area contributed by atoms with Crippen LogP contribution in [0.4, 0.5) is 13.2 Å². The molecule has 0 aliphatic heterocycles. The number of esters is 1. The number of carboxylic acid groups (broad SMARTS) is 1. The van der Waals surface area contributed by atoms with E-state index in [1.807, 2.05) is 0 Å². The van der Waals surface area contributed by atoms with E-state index in [2.05, 4.69) is 4.74 Å². The van der Waals surface area contributed by atoms with Gasteiger partial charge in [0.15, 0.2) is 0 Å². The topological polar surface area (TPSA) is 107 Å². The highest BCUT2D eigenvalue weighted by molar-refractivity contribution is 5.89. The van der Waals surface area contributed by atoms with Gasteiger partial charge in [-0.3, -0.25) is 9.59 Å². The van der Waals surface area contributed by atoms with Gasteiger partial charge in [0.05, 0.1) is 13.0 Å². The summed E-state index contributed by atoms with van der Waals surface area (Å²) < 4.78 is 36.4. The molecule has 0 amide bonds. The third-order valence-electron chi connectivity index (χ3n) is 3.54. The zero-order valence-electron chi connectivity index (χ0n) is 10.5. The van der Waals surface area contributed by atoms with Crippen LogP contribution in [0.2, 0.25) is 0 Å². The lowest BCUT2D eigenvalue weighted by atomic mass is 9.84. The van der Waals surface area contributed by atoms with E-state index >= 15 is 0 Å². The molecule has 0 aromatic heterocycles. The van der Waals surface area contributed by atoms with E-state index < -0.39 is 12.1 Å². The molecule has 0 unspecified atom stereocenters. The minimum absolute atomic E-state index is 0.0888. The van der Waals surface area contributed by atoms with Crippen LogP contribution in [0.25, 0.3) is 0 Å². The average molecular weight is 297 g/mol. The molecule has 0 heterocycles. The summed E-state index contributed by atoms with van der Waals surface area (Å²) in [6.45, 7) is 0. The normalized spacial score (nSPS) is 31.6. The van der Waals surface area contributed by atoms with Crippen molar-refractivity contribution < 1.29 is 37.4 Å². The molecule has 0 spiro atoms. The summed E-state index contributed by atoms with van der Waals surface area (Å²) in [5, 5.41) is 7.12. The molecule has 2 saturated carbocycles. The van der Waals surface area contributed by atoms with Gasteiger partial charge < -0.3 is 15.6 Å². The van der Waals surface area contributed by atoms with Crippen LogP contribution < -0.4 is 5.73 Å². The minimum Gasteiger partial charge on any atom is -0.475 e. The zero-order chi connectivity index (χ0) is 15.7. The Labute approximate surface area is 112 Å². The van der Waals surface area contributed by atoms with Crippen LogP contribution in [-0.4, -0.2) is 42.2 Å². The lowest BCUT2D eigenvalue weighted by Crippen LogP contribution is -2.44. The number of carboxylic acids is 1. The molecule has 2 bridgehead atoms. The molecule has 0 aromatic rings. The SMILES string of the molecule is COC(=O)[C@H]1[C@@H]2CC(=O)[C@@H](C2)[C@H]1N.O=C(O)C(F)(F)F. The van der Waals surface area contributed by atoms with Crippen LogP contribution in [0.1, 0.15) is 12.8 Å². The molecule has 0 radical (unpaired) electrons. The number of alkyl halides is 3. The van der Waals surface area contributed by atoms with Crippen LogP contribution in [0, 0.1) is 17.8 Å². The number of rotatable bonds is 1. The first-order valence-corrected chi connectivity index (χ1v) is 5.75. The summed E-state index contributed by atoms with van der Waals surface area (Å²) in [4.78, 5) is 31.5. The van der Waals surface area contributed by atoms with Gasteiger partial charge in [0.2, 0.25) is 0 Å². The Bertz CT molecular complexity index is 421. The molecule has 2 aliphatic rings. The number of ketones is 1. The molecule has 3 N–H and O–H groups in total. The lowest BCUT2D eigenvalue weighted by Gasteiger charge is -2.24. The third kappa shape index (κ3) is 3.27. The number of ether oxygens (including phenoxy) is 1. The highest BCUT2D eigenvalue weighted by atomic mass is 19.4. The number of fused-ring (bicyclic) bond motifs is 2. The maximum absolute atomic E-state index is 11.3. The Hall–Kier alpha value is -1.64. The zero-order valence-corrected chi connectivity index (χ0v) is 10.5. The average Bonchev–Trinajstić information content (AvgIpc) is 2.84. The van der Waals surface area contributed by atoms with Crippen LogP contribution in [-0.2, 0) is 19.1 Å². The standard InChI is InChI=1S/C9H13NO3.C2HF3O2/c1-13-9(12)7-4-2-5(8(7)10)6(11)3-4;3-2(4,5)1(6)7/h4-5,7-8H,2-3,10H2,1H3;(H,6,7)/t4-,5+,7-,8+;/m0./s1. The maximum Gasteiger partial charge on any atom is 0.490 e. The van der Waals surface area contributed by atoms with E-state index in [0.29, 0.717) is 6.42 Å². The predicted octanol–water partition coefficient (Wildman–Crippen LogP) is 0.345. The van der Waals surface area contributed by atoms with Gasteiger partial charge in [-0.1, -0.05) is 0 Å². The number of Topliss-reactive ketones (excluding diaryl/α,β-unsaturated/α-hetero) is 1. The highest BCUT2D eigenvalue weighted by Crippen LogP contribution is 2.45. The van der Waals surface area contributed by atoms with Crippen molar-refractivity contribution >= 4 is 17.7 Å². The molecular formula is C11H14F3NO5. The molecule has 2 rings (SSSR count). The fourth-order valence-corrected chi connectivity index (χ4v) is 2.65. The lowest BCUT2D eigenvalue weighted by molar-refractivity contribution is -0.192. The van der Waals surface area contributed by atoms with Gasteiger partial charge in [0.1, 0.15) is 5.78 Å². The molecule has 6 nitrogen and oxygen atoms in total. The van der Waals surface area contributed by atoms with E-state index in [9.17, 15) is 22.8 Å². The second-order valence-corrected chi connectivity index (χ2v) is 4.70. The Kier molecular flexibility index (Phi) is 4.74. The first-order chi connectivity index (χ1) is 9.09. The van der Waals surface area contributed by atoms with Crippen molar-refractivity contribution in [1.82, 2.24) is 0 Å². The second kappa shape index (κ2) is 5.78. The van der Waals surface area contributed by atoms with Crippen molar-refractivity contribution in [2.75, 3.05) is 7.11 Å². The van der Waals surface area contributed by atoms with Crippen molar-refractivity contribution in [2.45, 2.75) is 25.1 Å². The van der Waals surface area contributed by atoms with E-state index in [4.69, 9.17) is 15.6 Å². The summed E-state index contributed by atoms with van der Waals surface area (Å²) >= 11 is 0. The monoisotopic (exact) mass is 297 g/mol. The van der Waals surface area contributed by atoms with Crippen LogP contribution in [0.15, 0.2) is 0 Å². The Morgan fingerprint density at radius 2 is 1.90 bits per heavy atom. The molecular weight excluding hydrogens is 283 g/mol. The predicted molar refractivity (Wildman–Crippen MR) is 58.4 cm³/mol. The molecule has 0 aromatic carbocycles. The summed E-state index contributed by atoms with van der Waals surface area (Å²) in [5.41, 5.74) is 5.81. The summed E-state index contributed by atoms with van der Waals surface area (Å²) in [6.07, 6.45) is -3.79. The summed E-state index contributed by atoms with van der Waals surface area (Å²) in [5.74, 6) is -2.99. The smallest absolute Gasteiger partial charge is 0.475 e. The molecule has 4 atom stereocenters. The number of halogens is 3. The van der Waals surface area contributed by atoms with Gasteiger partial charge in [-0.05, 0) is 12.3 Å². The summed E-state index contributed by atoms with van der Waals surface area (Å²) in [7, 11) is 1.36. The number of methoxy groups -OCH3 is 1. The number of hydrogen-bond acceptors (Lipinski definition) is 5. The largest absolute Gasteiger partial charge is 0.490 e. The minimum atomic E-state index is -5.08. The van der Waals surface area contributed by atoms with Gasteiger partial charge in [-0.2, -0.15) is 13.2 Å². The van der Waals surface area contributed by atoms with Crippen molar-refractivity contribution in [3.8, 4) is 0 Å². The van der Waals surface area contributed by atoms with Crippen molar-refractivity contribution in [1.29, 1.82) is 0 Å². The molecule has 20 heavy (non-hydrogen) atoms. The molecule has 0 saturated heterocycles. The molecule has 2 fully saturated rings. The van der Waals surface area contributed by atoms with E-state index in [-0.39, 0.29) is 35.5 Å². The van der Waals surface area contributed by atoms with Crippen molar-refractivity contribution in [3.63, 3.8) is 0 Å². The molecule has 2 aliphatic carbocycles. The summed E-state index contributed by atoms with van der Waals surface area (Å²) in [6, 6.07) is -0.307. The van der Waals surface area contributed by atoms with Gasteiger partial charge in [0, 0.05) is 18.4 Å². The van der Waals surface area contributed by atoms with Crippen molar-refractivity contribution in [3.05, 3.63) is 0 Å². The number of aliphatic carboxylic acids is 1. The van der Waals surface area contributed by atoms with E-state index in [1.54, 1.807) is 0 Å². The fraction of sp³-hybridized carbons (Fsp3) is 0.727. The number of carbonyl (C=O) groups is 3. The Morgan fingerprint density at radius 1 is 1.40 bits per heavy atom. The van der Waals surface area contributed by atoms with Gasteiger partial charge >= 0.3 is 18.1 Å². The van der Waals surface area contributed by atoms with Gasteiger partial charge in [-0.25, -0.2) is 4.79 Å².